The van der Waals surface area contributed by atoms with Gasteiger partial charge in [-0.05, 0) is 44.4 Å². The lowest BCUT2D eigenvalue weighted by atomic mass is 9.89. The number of rotatable bonds is 4. The molecule has 2 atom stereocenters. The average molecular weight is 295 g/mol. The summed E-state index contributed by atoms with van der Waals surface area (Å²) in [6, 6.07) is -0.125. The molecule has 0 aromatic carbocycles. The van der Waals surface area contributed by atoms with Crippen LogP contribution in [-0.4, -0.2) is 41.9 Å². The topological polar surface area (TPSA) is 75.4 Å². The quantitative estimate of drug-likeness (QED) is 0.820. The Morgan fingerprint density at radius 1 is 1.10 bits per heavy atom. The maximum atomic E-state index is 12.8. The third kappa shape index (κ3) is 4.19. The van der Waals surface area contributed by atoms with Crippen LogP contribution < -0.4 is 11.1 Å². The second-order valence-electron chi connectivity index (χ2n) is 6.74. The fourth-order valence-corrected chi connectivity index (χ4v) is 3.73. The van der Waals surface area contributed by atoms with Gasteiger partial charge in [0, 0.05) is 26.1 Å². The molecule has 1 saturated heterocycles. The van der Waals surface area contributed by atoms with Gasteiger partial charge in [-0.25, -0.2) is 0 Å². The number of carbonyl (C=O) groups is 2. The fraction of sp³-hybridized carbons (Fsp3) is 0.875. The van der Waals surface area contributed by atoms with Gasteiger partial charge in [-0.15, -0.1) is 0 Å². The molecule has 2 amide bonds. The molecule has 0 aromatic heterocycles. The van der Waals surface area contributed by atoms with Crippen molar-refractivity contribution in [2.75, 3.05) is 13.1 Å². The van der Waals surface area contributed by atoms with Crippen molar-refractivity contribution >= 4 is 11.8 Å². The maximum absolute atomic E-state index is 12.8. The predicted octanol–water partition coefficient (Wildman–Crippen LogP) is 1.27. The largest absolute Gasteiger partial charge is 0.344 e. The second-order valence-corrected chi connectivity index (χ2v) is 6.74. The van der Waals surface area contributed by atoms with Crippen LogP contribution >= 0.6 is 0 Å². The molecule has 5 heteroatoms. The minimum absolute atomic E-state index is 0.106. The summed E-state index contributed by atoms with van der Waals surface area (Å²) in [6.45, 7) is 5.08. The Morgan fingerprint density at radius 3 is 2.14 bits per heavy atom. The van der Waals surface area contributed by atoms with Crippen LogP contribution in [0.4, 0.5) is 0 Å². The first-order chi connectivity index (χ1) is 9.99. The first kappa shape index (κ1) is 16.3. The highest BCUT2D eigenvalue weighted by atomic mass is 16.2. The van der Waals surface area contributed by atoms with E-state index >= 15 is 0 Å². The number of piperidine rings is 1. The highest BCUT2D eigenvalue weighted by molar-refractivity contribution is 5.87. The van der Waals surface area contributed by atoms with Crippen LogP contribution in [0.3, 0.4) is 0 Å². The highest BCUT2D eigenvalue weighted by Gasteiger charge is 2.35. The standard InChI is InChI=1S/C16H29N3O2/c1-11(17)13-7-9-19(10-8-13)16(21)15(18-12(2)20)14-5-3-4-6-14/h11,13-15H,3-10,17H2,1-2H3,(H,18,20). The van der Waals surface area contributed by atoms with E-state index in [0.29, 0.717) is 11.8 Å². The van der Waals surface area contributed by atoms with Gasteiger partial charge >= 0.3 is 0 Å². The lowest BCUT2D eigenvalue weighted by Crippen LogP contribution is -2.53. The smallest absolute Gasteiger partial charge is 0.245 e. The maximum Gasteiger partial charge on any atom is 0.245 e. The van der Waals surface area contributed by atoms with E-state index in [-0.39, 0.29) is 23.9 Å². The van der Waals surface area contributed by atoms with Crippen molar-refractivity contribution in [1.29, 1.82) is 0 Å². The average Bonchev–Trinajstić information content (AvgIpc) is 2.98. The van der Waals surface area contributed by atoms with Crippen LogP contribution in [0.15, 0.2) is 0 Å². The summed E-state index contributed by atoms with van der Waals surface area (Å²) in [5, 5.41) is 2.90. The van der Waals surface area contributed by atoms with Crippen molar-refractivity contribution in [2.24, 2.45) is 17.6 Å². The minimum Gasteiger partial charge on any atom is -0.344 e. The summed E-state index contributed by atoms with van der Waals surface area (Å²) in [4.78, 5) is 26.1. The van der Waals surface area contributed by atoms with Gasteiger partial charge in [0.25, 0.3) is 0 Å². The van der Waals surface area contributed by atoms with Crippen LogP contribution in [0.5, 0.6) is 0 Å². The molecule has 0 spiro atoms. The van der Waals surface area contributed by atoms with Crippen molar-refractivity contribution in [2.45, 2.75) is 64.5 Å². The second kappa shape index (κ2) is 7.25. The molecule has 1 heterocycles. The molecule has 3 N–H and O–H groups in total. The molecule has 2 rings (SSSR count). The number of nitrogens with two attached hydrogens (primary N) is 1. The number of likely N-dealkylation sites (tertiary alicyclic amines) is 1. The van der Waals surface area contributed by atoms with Crippen LogP contribution in [0.1, 0.15) is 52.4 Å². The van der Waals surface area contributed by atoms with E-state index in [9.17, 15) is 9.59 Å². The number of hydrogen-bond donors (Lipinski definition) is 2. The van der Waals surface area contributed by atoms with E-state index in [0.717, 1.165) is 38.8 Å². The molecule has 2 unspecified atom stereocenters. The molecule has 1 aliphatic carbocycles. The normalized spacial score (nSPS) is 23.9. The highest BCUT2D eigenvalue weighted by Crippen LogP contribution is 2.29. The van der Waals surface area contributed by atoms with E-state index in [2.05, 4.69) is 5.32 Å². The summed E-state index contributed by atoms with van der Waals surface area (Å²) < 4.78 is 0. The van der Waals surface area contributed by atoms with Crippen LogP contribution in [0.25, 0.3) is 0 Å². The lowest BCUT2D eigenvalue weighted by Gasteiger charge is -2.37. The Balaban J connectivity index is 1.96. The SMILES string of the molecule is CC(=O)NC(C(=O)N1CCC(C(C)N)CC1)C1CCCC1. The molecule has 5 nitrogen and oxygen atoms in total. The lowest BCUT2D eigenvalue weighted by molar-refractivity contribution is -0.139. The van der Waals surface area contributed by atoms with Gasteiger partial charge in [-0.3, -0.25) is 9.59 Å². The summed E-state index contributed by atoms with van der Waals surface area (Å²) in [7, 11) is 0. The van der Waals surface area contributed by atoms with Gasteiger partial charge in [-0.2, -0.15) is 0 Å². The van der Waals surface area contributed by atoms with E-state index in [4.69, 9.17) is 5.73 Å². The molecular formula is C16H29N3O2. The number of amides is 2. The third-order valence-corrected chi connectivity index (χ3v) is 5.09. The Kier molecular flexibility index (Phi) is 5.62. The fourth-order valence-electron chi connectivity index (χ4n) is 3.73. The van der Waals surface area contributed by atoms with Crippen molar-refractivity contribution in [3.63, 3.8) is 0 Å². The number of nitrogens with zero attached hydrogens (tertiary/aromatic N) is 1. The van der Waals surface area contributed by atoms with Gasteiger partial charge in [0.05, 0.1) is 0 Å². The summed E-state index contributed by atoms with van der Waals surface area (Å²) in [5.74, 6) is 0.832. The molecule has 2 aliphatic rings. The van der Waals surface area contributed by atoms with Crippen LogP contribution in [0.2, 0.25) is 0 Å². The predicted molar refractivity (Wildman–Crippen MR) is 82.5 cm³/mol. The number of nitrogens with one attached hydrogen (secondary N) is 1. The van der Waals surface area contributed by atoms with Crippen molar-refractivity contribution in [1.82, 2.24) is 10.2 Å². The molecule has 1 aliphatic heterocycles. The molecule has 120 valence electrons. The van der Waals surface area contributed by atoms with E-state index in [1.165, 1.54) is 19.8 Å². The third-order valence-electron chi connectivity index (χ3n) is 5.09. The molecule has 1 saturated carbocycles. The van der Waals surface area contributed by atoms with Crippen molar-refractivity contribution < 1.29 is 9.59 Å². The number of carbonyl (C=O) groups excluding carboxylic acids is 2. The molecular weight excluding hydrogens is 266 g/mol. The molecule has 0 radical (unpaired) electrons. The van der Waals surface area contributed by atoms with Gasteiger partial charge in [0.2, 0.25) is 11.8 Å². The van der Waals surface area contributed by atoms with E-state index < -0.39 is 0 Å². The van der Waals surface area contributed by atoms with Crippen molar-refractivity contribution in [3.8, 4) is 0 Å². The van der Waals surface area contributed by atoms with Crippen LogP contribution in [-0.2, 0) is 9.59 Å². The monoisotopic (exact) mass is 295 g/mol. The Bertz CT molecular complexity index is 370. The minimum atomic E-state index is -0.322. The van der Waals surface area contributed by atoms with Gasteiger partial charge < -0.3 is 16.0 Å². The summed E-state index contributed by atoms with van der Waals surface area (Å²) >= 11 is 0. The Labute approximate surface area is 127 Å². The van der Waals surface area contributed by atoms with Gasteiger partial charge in [0.15, 0.2) is 0 Å². The van der Waals surface area contributed by atoms with E-state index in [1.807, 2.05) is 11.8 Å². The summed E-state index contributed by atoms with van der Waals surface area (Å²) in [5.41, 5.74) is 5.95. The molecule has 0 aromatic rings. The molecule has 21 heavy (non-hydrogen) atoms. The van der Waals surface area contributed by atoms with Gasteiger partial charge in [-0.1, -0.05) is 12.8 Å². The summed E-state index contributed by atoms with van der Waals surface area (Å²) in [6.07, 6.45) is 6.38. The first-order valence-electron chi connectivity index (χ1n) is 8.30. The zero-order chi connectivity index (χ0) is 15.4. The number of hydrogen-bond acceptors (Lipinski definition) is 3. The van der Waals surface area contributed by atoms with Gasteiger partial charge in [0.1, 0.15) is 6.04 Å². The molecule has 2 fully saturated rings. The first-order valence-corrected chi connectivity index (χ1v) is 8.30. The van der Waals surface area contributed by atoms with Crippen LogP contribution in [0, 0.1) is 11.8 Å². The van der Waals surface area contributed by atoms with Crippen molar-refractivity contribution in [3.05, 3.63) is 0 Å². The zero-order valence-corrected chi connectivity index (χ0v) is 13.3. The van der Waals surface area contributed by atoms with E-state index in [1.54, 1.807) is 0 Å². The Morgan fingerprint density at radius 2 is 1.67 bits per heavy atom. The zero-order valence-electron chi connectivity index (χ0n) is 13.3. The molecule has 0 bridgehead atoms. The Hall–Kier alpha value is -1.10.